The van der Waals surface area contributed by atoms with Gasteiger partial charge in [-0.2, -0.15) is 0 Å². The van der Waals surface area contributed by atoms with Gasteiger partial charge in [-0.25, -0.2) is 21.9 Å². The summed E-state index contributed by atoms with van der Waals surface area (Å²) in [6.45, 7) is 2.74. The van der Waals surface area contributed by atoms with Gasteiger partial charge in [0.15, 0.2) is 5.96 Å². The lowest BCUT2D eigenvalue weighted by Crippen LogP contribution is -2.53. The standard InChI is InChI=1S/C19H26F2N6O2S.HI/c1-22-19(23-6-7-24-30(28,29)16-5-8-25(2)14-16)27-11-9-26(10-12-27)18-13-15(20)3-4-17(18)21;/h3-5,8,13-14,24H,6-7,9-12H2,1-2H3,(H,22,23);1H. The quantitative estimate of drug-likeness (QED) is 0.240. The summed E-state index contributed by atoms with van der Waals surface area (Å²) in [5.74, 6) is -0.282. The highest BCUT2D eigenvalue weighted by atomic mass is 127. The summed E-state index contributed by atoms with van der Waals surface area (Å²) in [5, 5.41) is 3.13. The highest BCUT2D eigenvalue weighted by molar-refractivity contribution is 14.0. The van der Waals surface area contributed by atoms with Crippen molar-refractivity contribution in [2.24, 2.45) is 12.0 Å². The number of anilines is 1. The monoisotopic (exact) mass is 568 g/mol. The fourth-order valence-corrected chi connectivity index (χ4v) is 4.38. The average molecular weight is 568 g/mol. The molecule has 2 heterocycles. The van der Waals surface area contributed by atoms with Crippen molar-refractivity contribution >= 4 is 45.6 Å². The molecule has 0 atom stereocenters. The number of aromatic nitrogens is 1. The molecule has 0 saturated carbocycles. The molecule has 31 heavy (non-hydrogen) atoms. The summed E-state index contributed by atoms with van der Waals surface area (Å²) in [6.07, 6.45) is 3.21. The van der Waals surface area contributed by atoms with Crippen molar-refractivity contribution < 1.29 is 17.2 Å². The molecule has 172 valence electrons. The van der Waals surface area contributed by atoms with E-state index in [1.165, 1.54) is 18.3 Å². The van der Waals surface area contributed by atoms with E-state index in [9.17, 15) is 17.2 Å². The zero-order chi connectivity index (χ0) is 21.7. The summed E-state index contributed by atoms with van der Waals surface area (Å²) in [5.41, 5.74) is 0.257. The molecule has 0 unspecified atom stereocenters. The Hall–Kier alpha value is -1.93. The minimum absolute atomic E-state index is 0. The van der Waals surface area contributed by atoms with E-state index < -0.39 is 21.7 Å². The number of rotatable bonds is 6. The molecule has 0 amide bonds. The number of guanidine groups is 1. The molecule has 1 aliphatic rings. The fraction of sp³-hybridized carbons (Fsp3) is 0.421. The van der Waals surface area contributed by atoms with E-state index in [1.807, 2.05) is 4.90 Å². The third kappa shape index (κ3) is 6.53. The molecule has 0 bridgehead atoms. The van der Waals surface area contributed by atoms with Crippen LogP contribution >= 0.6 is 24.0 Å². The van der Waals surface area contributed by atoms with E-state index in [1.54, 1.807) is 29.8 Å². The second-order valence-corrected chi connectivity index (χ2v) is 8.72. The predicted molar refractivity (Wildman–Crippen MR) is 128 cm³/mol. The minimum atomic E-state index is -3.55. The van der Waals surface area contributed by atoms with Crippen LogP contribution in [0.1, 0.15) is 0 Å². The summed E-state index contributed by atoms with van der Waals surface area (Å²) in [6, 6.07) is 4.98. The molecule has 3 rings (SSSR count). The van der Waals surface area contributed by atoms with Gasteiger partial charge >= 0.3 is 0 Å². The van der Waals surface area contributed by atoms with Gasteiger partial charge < -0.3 is 19.7 Å². The van der Waals surface area contributed by atoms with Crippen molar-refractivity contribution in [3.05, 3.63) is 48.3 Å². The molecule has 1 aromatic heterocycles. The number of hydrogen-bond acceptors (Lipinski definition) is 4. The van der Waals surface area contributed by atoms with Crippen molar-refractivity contribution in [2.75, 3.05) is 51.2 Å². The molecule has 2 N–H and O–H groups in total. The number of halogens is 3. The van der Waals surface area contributed by atoms with Gasteiger partial charge in [0.05, 0.1) is 10.6 Å². The molecule has 1 aromatic carbocycles. The van der Waals surface area contributed by atoms with E-state index in [2.05, 4.69) is 15.0 Å². The zero-order valence-corrected chi connectivity index (χ0v) is 20.5. The molecule has 8 nitrogen and oxygen atoms in total. The Labute approximate surface area is 198 Å². The van der Waals surface area contributed by atoms with Crippen LogP contribution in [0.5, 0.6) is 0 Å². The first kappa shape index (κ1) is 25.3. The minimum Gasteiger partial charge on any atom is -0.366 e. The number of aliphatic imine (C=N–C) groups is 1. The fourth-order valence-electron chi connectivity index (χ4n) is 3.30. The first-order valence-corrected chi connectivity index (χ1v) is 11.1. The molecular weight excluding hydrogens is 541 g/mol. The van der Waals surface area contributed by atoms with Crippen molar-refractivity contribution in [3.8, 4) is 0 Å². The molecule has 0 radical (unpaired) electrons. The third-order valence-electron chi connectivity index (χ3n) is 4.86. The van der Waals surface area contributed by atoms with Crippen molar-refractivity contribution in [1.29, 1.82) is 0 Å². The van der Waals surface area contributed by atoms with Crippen LogP contribution in [0.25, 0.3) is 0 Å². The molecule has 1 saturated heterocycles. The van der Waals surface area contributed by atoms with Crippen LogP contribution in [-0.2, 0) is 17.1 Å². The highest BCUT2D eigenvalue weighted by Crippen LogP contribution is 2.21. The van der Waals surface area contributed by atoms with Crippen LogP contribution in [0, 0.1) is 11.6 Å². The van der Waals surface area contributed by atoms with Crippen molar-refractivity contribution in [3.63, 3.8) is 0 Å². The van der Waals surface area contributed by atoms with E-state index >= 15 is 0 Å². The number of hydrogen-bond donors (Lipinski definition) is 2. The first-order chi connectivity index (χ1) is 14.3. The molecular formula is C19H27F2IN6O2S. The number of sulfonamides is 1. The average Bonchev–Trinajstić information content (AvgIpc) is 3.17. The van der Waals surface area contributed by atoms with Crippen LogP contribution in [-0.4, -0.2) is 70.2 Å². The van der Waals surface area contributed by atoms with Crippen LogP contribution < -0.4 is 14.9 Å². The normalized spacial score (nSPS) is 15.0. The Morgan fingerprint density at radius 2 is 1.84 bits per heavy atom. The van der Waals surface area contributed by atoms with E-state index in [0.29, 0.717) is 38.7 Å². The number of nitrogens with zero attached hydrogens (tertiary/aromatic N) is 4. The Morgan fingerprint density at radius 3 is 2.45 bits per heavy atom. The maximum absolute atomic E-state index is 14.0. The zero-order valence-electron chi connectivity index (χ0n) is 17.4. The Bertz CT molecular complexity index is 1010. The van der Waals surface area contributed by atoms with Gasteiger partial charge in [-0.1, -0.05) is 0 Å². The first-order valence-electron chi connectivity index (χ1n) is 9.57. The highest BCUT2D eigenvalue weighted by Gasteiger charge is 2.22. The summed E-state index contributed by atoms with van der Waals surface area (Å²) in [7, 11) is -0.147. The lowest BCUT2D eigenvalue weighted by Gasteiger charge is -2.37. The van der Waals surface area contributed by atoms with Gasteiger partial charge in [0, 0.05) is 71.8 Å². The van der Waals surface area contributed by atoms with Crippen LogP contribution in [0.2, 0.25) is 0 Å². The SMILES string of the molecule is CN=C(NCCNS(=O)(=O)c1ccn(C)c1)N1CCN(c2cc(F)ccc2F)CC1.I. The van der Waals surface area contributed by atoms with Crippen LogP contribution in [0.15, 0.2) is 46.5 Å². The molecule has 12 heteroatoms. The van der Waals surface area contributed by atoms with E-state index in [0.717, 1.165) is 12.1 Å². The van der Waals surface area contributed by atoms with Gasteiger partial charge in [-0.15, -0.1) is 24.0 Å². The molecule has 0 aliphatic carbocycles. The maximum Gasteiger partial charge on any atom is 0.242 e. The van der Waals surface area contributed by atoms with Crippen LogP contribution in [0.4, 0.5) is 14.5 Å². The Balaban J connectivity index is 0.00000341. The van der Waals surface area contributed by atoms with Crippen molar-refractivity contribution in [2.45, 2.75) is 4.90 Å². The number of benzene rings is 1. The van der Waals surface area contributed by atoms with Crippen LogP contribution in [0.3, 0.4) is 0 Å². The maximum atomic E-state index is 14.0. The van der Waals surface area contributed by atoms with E-state index in [4.69, 9.17) is 0 Å². The second-order valence-electron chi connectivity index (χ2n) is 6.95. The molecule has 2 aromatic rings. The summed E-state index contributed by atoms with van der Waals surface area (Å²) < 4.78 is 56.1. The second kappa shape index (κ2) is 11.1. The molecule has 1 aliphatic heterocycles. The number of piperazine rings is 1. The van der Waals surface area contributed by atoms with Gasteiger partial charge in [0.1, 0.15) is 11.6 Å². The topological polar surface area (TPSA) is 82.0 Å². The van der Waals surface area contributed by atoms with Gasteiger partial charge in [-0.3, -0.25) is 4.99 Å². The number of aryl methyl sites for hydroxylation is 1. The summed E-state index contributed by atoms with van der Waals surface area (Å²) >= 11 is 0. The largest absolute Gasteiger partial charge is 0.366 e. The van der Waals surface area contributed by atoms with E-state index in [-0.39, 0.29) is 41.1 Å². The Morgan fingerprint density at radius 1 is 1.13 bits per heavy atom. The molecule has 0 spiro atoms. The Kier molecular flexibility index (Phi) is 9.06. The molecule has 1 fully saturated rings. The van der Waals surface area contributed by atoms with Gasteiger partial charge in [0.25, 0.3) is 0 Å². The predicted octanol–water partition coefficient (Wildman–Crippen LogP) is 1.60. The lowest BCUT2D eigenvalue weighted by atomic mass is 10.2. The third-order valence-corrected chi connectivity index (χ3v) is 6.30. The van der Waals surface area contributed by atoms with Gasteiger partial charge in [0.2, 0.25) is 10.0 Å². The summed E-state index contributed by atoms with van der Waals surface area (Å²) in [4.78, 5) is 8.25. The lowest BCUT2D eigenvalue weighted by molar-refractivity contribution is 0.371. The van der Waals surface area contributed by atoms with Crippen molar-refractivity contribution in [1.82, 2.24) is 19.5 Å². The van der Waals surface area contributed by atoms with Gasteiger partial charge in [-0.05, 0) is 18.2 Å². The number of nitrogens with one attached hydrogen (secondary N) is 2. The smallest absolute Gasteiger partial charge is 0.242 e.